The van der Waals surface area contributed by atoms with Gasteiger partial charge in [-0.2, -0.15) is 0 Å². The lowest BCUT2D eigenvalue weighted by atomic mass is 10.1. The van der Waals surface area contributed by atoms with E-state index < -0.39 is 0 Å². The molecule has 0 atom stereocenters. The van der Waals surface area contributed by atoms with Gasteiger partial charge in [-0.05, 0) is 30.2 Å². The molecule has 110 valence electrons. The van der Waals surface area contributed by atoms with Crippen LogP contribution in [-0.4, -0.2) is 23.9 Å². The zero-order valence-electron chi connectivity index (χ0n) is 12.1. The Balaban J connectivity index is 2.23. The molecule has 2 rings (SSSR count). The van der Waals surface area contributed by atoms with Gasteiger partial charge in [0.15, 0.2) is 0 Å². The van der Waals surface area contributed by atoms with Crippen LogP contribution in [0.15, 0.2) is 48.5 Å². The van der Waals surface area contributed by atoms with Crippen LogP contribution in [0, 0.1) is 6.92 Å². The van der Waals surface area contributed by atoms with Crippen molar-refractivity contribution >= 4 is 17.5 Å². The van der Waals surface area contributed by atoms with Gasteiger partial charge in [-0.1, -0.05) is 48.0 Å². The number of carbonyl (C=O) groups excluding carboxylic acids is 1. The Kier molecular flexibility index (Phi) is 5.37. The van der Waals surface area contributed by atoms with Gasteiger partial charge in [0.05, 0.1) is 10.6 Å². The molecule has 1 amide bonds. The van der Waals surface area contributed by atoms with Crippen LogP contribution in [0.3, 0.4) is 0 Å². The minimum absolute atomic E-state index is 0.0886. The molecule has 0 bridgehead atoms. The Morgan fingerprint density at radius 1 is 1.19 bits per heavy atom. The number of halogens is 1. The SMILES string of the molecule is Cc1ccc(C(=O)N(CCN)Cc2ccccc2)c(Cl)c1. The molecule has 0 fully saturated rings. The first kappa shape index (κ1) is 15.5. The van der Waals surface area contributed by atoms with Gasteiger partial charge >= 0.3 is 0 Å². The van der Waals surface area contributed by atoms with Crippen LogP contribution in [0.5, 0.6) is 0 Å². The van der Waals surface area contributed by atoms with Gasteiger partial charge < -0.3 is 10.6 Å². The van der Waals surface area contributed by atoms with Gasteiger partial charge in [0, 0.05) is 19.6 Å². The highest BCUT2D eigenvalue weighted by atomic mass is 35.5. The predicted octanol–water partition coefficient (Wildman–Crippen LogP) is 3.25. The van der Waals surface area contributed by atoms with E-state index in [-0.39, 0.29) is 5.91 Å². The van der Waals surface area contributed by atoms with Crippen LogP contribution in [0.25, 0.3) is 0 Å². The van der Waals surface area contributed by atoms with Crippen molar-refractivity contribution in [1.82, 2.24) is 4.90 Å². The number of hydrogen-bond donors (Lipinski definition) is 1. The Morgan fingerprint density at radius 2 is 1.90 bits per heavy atom. The molecule has 0 spiro atoms. The second-order valence-electron chi connectivity index (χ2n) is 4.98. The Labute approximate surface area is 130 Å². The molecular weight excluding hydrogens is 284 g/mol. The summed E-state index contributed by atoms with van der Waals surface area (Å²) in [6.07, 6.45) is 0. The van der Waals surface area contributed by atoms with Crippen molar-refractivity contribution < 1.29 is 4.79 Å². The fourth-order valence-corrected chi connectivity index (χ4v) is 2.49. The van der Waals surface area contributed by atoms with Crippen molar-refractivity contribution in [3.05, 3.63) is 70.2 Å². The molecule has 3 nitrogen and oxygen atoms in total. The van der Waals surface area contributed by atoms with E-state index in [9.17, 15) is 4.79 Å². The maximum Gasteiger partial charge on any atom is 0.255 e. The van der Waals surface area contributed by atoms with E-state index in [1.165, 1.54) is 0 Å². The largest absolute Gasteiger partial charge is 0.333 e. The lowest BCUT2D eigenvalue weighted by Gasteiger charge is -2.23. The van der Waals surface area contributed by atoms with E-state index in [2.05, 4.69) is 0 Å². The van der Waals surface area contributed by atoms with Gasteiger partial charge in [0.2, 0.25) is 0 Å². The van der Waals surface area contributed by atoms with E-state index in [1.54, 1.807) is 17.0 Å². The van der Waals surface area contributed by atoms with Gasteiger partial charge in [-0.15, -0.1) is 0 Å². The monoisotopic (exact) mass is 302 g/mol. The average Bonchev–Trinajstić information content (AvgIpc) is 2.47. The fourth-order valence-electron chi connectivity index (χ4n) is 2.18. The second-order valence-corrected chi connectivity index (χ2v) is 5.39. The van der Waals surface area contributed by atoms with Crippen molar-refractivity contribution in [1.29, 1.82) is 0 Å². The summed E-state index contributed by atoms with van der Waals surface area (Å²) >= 11 is 6.19. The van der Waals surface area contributed by atoms with E-state index in [4.69, 9.17) is 17.3 Å². The van der Waals surface area contributed by atoms with Crippen LogP contribution in [0.4, 0.5) is 0 Å². The minimum Gasteiger partial charge on any atom is -0.333 e. The summed E-state index contributed by atoms with van der Waals surface area (Å²) < 4.78 is 0. The molecule has 0 aliphatic heterocycles. The summed E-state index contributed by atoms with van der Waals surface area (Å²) in [6, 6.07) is 15.3. The van der Waals surface area contributed by atoms with Crippen LogP contribution in [0.2, 0.25) is 5.02 Å². The first-order valence-corrected chi connectivity index (χ1v) is 7.29. The molecular formula is C17H19ClN2O. The highest BCUT2D eigenvalue weighted by Crippen LogP contribution is 2.20. The Bertz CT molecular complexity index is 613. The molecule has 4 heteroatoms. The van der Waals surface area contributed by atoms with Crippen molar-refractivity contribution in [2.75, 3.05) is 13.1 Å². The Hall–Kier alpha value is -1.84. The summed E-state index contributed by atoms with van der Waals surface area (Å²) in [7, 11) is 0. The van der Waals surface area contributed by atoms with Crippen molar-refractivity contribution in [2.45, 2.75) is 13.5 Å². The van der Waals surface area contributed by atoms with Crippen LogP contribution < -0.4 is 5.73 Å². The molecule has 2 aromatic carbocycles. The van der Waals surface area contributed by atoms with Gasteiger partial charge in [-0.3, -0.25) is 4.79 Å². The third-order valence-corrected chi connectivity index (χ3v) is 3.57. The predicted molar refractivity (Wildman–Crippen MR) is 86.4 cm³/mol. The molecule has 0 aromatic heterocycles. The number of carbonyl (C=O) groups is 1. The summed E-state index contributed by atoms with van der Waals surface area (Å²) in [5.74, 6) is -0.0886. The standard InChI is InChI=1S/C17H19ClN2O/c1-13-7-8-15(16(18)11-13)17(21)20(10-9-19)12-14-5-3-2-4-6-14/h2-8,11H,9-10,12,19H2,1H3. The molecule has 2 aromatic rings. The summed E-state index contributed by atoms with van der Waals surface area (Å²) in [5.41, 5.74) is 8.26. The van der Waals surface area contributed by atoms with Crippen molar-refractivity contribution in [3.63, 3.8) is 0 Å². The average molecular weight is 303 g/mol. The van der Waals surface area contributed by atoms with Gasteiger partial charge in [0.25, 0.3) is 5.91 Å². The van der Waals surface area contributed by atoms with Crippen LogP contribution in [0.1, 0.15) is 21.5 Å². The molecule has 2 N–H and O–H groups in total. The van der Waals surface area contributed by atoms with E-state index in [0.717, 1.165) is 11.1 Å². The fraction of sp³-hybridized carbons (Fsp3) is 0.235. The van der Waals surface area contributed by atoms with Crippen molar-refractivity contribution in [3.8, 4) is 0 Å². The molecule has 0 aliphatic rings. The molecule has 0 saturated heterocycles. The normalized spacial score (nSPS) is 10.4. The second kappa shape index (κ2) is 7.25. The molecule has 21 heavy (non-hydrogen) atoms. The third-order valence-electron chi connectivity index (χ3n) is 3.26. The molecule has 0 radical (unpaired) electrons. The molecule has 0 heterocycles. The summed E-state index contributed by atoms with van der Waals surface area (Å²) in [4.78, 5) is 14.4. The number of benzene rings is 2. The maximum atomic E-state index is 12.7. The number of nitrogens with zero attached hydrogens (tertiary/aromatic N) is 1. The molecule has 0 aliphatic carbocycles. The van der Waals surface area contributed by atoms with Gasteiger partial charge in [0.1, 0.15) is 0 Å². The number of aryl methyl sites for hydroxylation is 1. The number of nitrogens with two attached hydrogens (primary N) is 1. The van der Waals surface area contributed by atoms with Crippen LogP contribution in [-0.2, 0) is 6.54 Å². The maximum absolute atomic E-state index is 12.7. The summed E-state index contributed by atoms with van der Waals surface area (Å²) in [5, 5.41) is 0.482. The lowest BCUT2D eigenvalue weighted by Crippen LogP contribution is -2.35. The van der Waals surface area contributed by atoms with Crippen molar-refractivity contribution in [2.24, 2.45) is 5.73 Å². The smallest absolute Gasteiger partial charge is 0.255 e. The van der Waals surface area contributed by atoms with Crippen LogP contribution >= 0.6 is 11.6 Å². The molecule has 0 unspecified atom stereocenters. The zero-order valence-corrected chi connectivity index (χ0v) is 12.8. The number of rotatable bonds is 5. The quantitative estimate of drug-likeness (QED) is 0.921. The molecule has 0 saturated carbocycles. The Morgan fingerprint density at radius 3 is 2.52 bits per heavy atom. The highest BCUT2D eigenvalue weighted by molar-refractivity contribution is 6.33. The number of amides is 1. The van der Waals surface area contributed by atoms with E-state index in [1.807, 2.05) is 43.3 Å². The third kappa shape index (κ3) is 4.06. The first-order chi connectivity index (χ1) is 10.1. The lowest BCUT2D eigenvalue weighted by molar-refractivity contribution is 0.0748. The zero-order chi connectivity index (χ0) is 15.2. The highest BCUT2D eigenvalue weighted by Gasteiger charge is 2.18. The van der Waals surface area contributed by atoms with E-state index in [0.29, 0.717) is 30.2 Å². The topological polar surface area (TPSA) is 46.3 Å². The first-order valence-electron chi connectivity index (χ1n) is 6.91. The summed E-state index contributed by atoms with van der Waals surface area (Å²) in [6.45, 7) is 3.39. The number of hydrogen-bond acceptors (Lipinski definition) is 2. The van der Waals surface area contributed by atoms with Gasteiger partial charge in [-0.25, -0.2) is 0 Å². The minimum atomic E-state index is -0.0886. The van der Waals surface area contributed by atoms with E-state index >= 15 is 0 Å².